The van der Waals surface area contributed by atoms with Gasteiger partial charge in [0.05, 0.1) is 5.56 Å². The van der Waals surface area contributed by atoms with Crippen molar-refractivity contribution < 1.29 is 19.5 Å². The topological polar surface area (TPSA) is 116 Å². The van der Waals surface area contributed by atoms with Gasteiger partial charge in [-0.15, -0.1) is 0 Å². The maximum Gasteiger partial charge on any atom is 0.326 e. The molecule has 1 aliphatic rings. The molecule has 1 aliphatic carbocycles. The van der Waals surface area contributed by atoms with E-state index in [1.165, 1.54) is 11.1 Å². The summed E-state index contributed by atoms with van der Waals surface area (Å²) in [6.07, 6.45) is 8.36. The van der Waals surface area contributed by atoms with Gasteiger partial charge in [0.2, 0.25) is 0 Å². The highest BCUT2D eigenvalue weighted by Gasteiger charge is 2.35. The van der Waals surface area contributed by atoms with Gasteiger partial charge in [-0.1, -0.05) is 37.5 Å². The van der Waals surface area contributed by atoms with Crippen LogP contribution in [-0.4, -0.2) is 51.8 Å². The van der Waals surface area contributed by atoms with Crippen molar-refractivity contribution in [2.45, 2.75) is 57.4 Å². The van der Waals surface area contributed by atoms with Gasteiger partial charge >= 0.3 is 5.97 Å². The highest BCUT2D eigenvalue weighted by Crippen LogP contribution is 2.27. The van der Waals surface area contributed by atoms with Crippen LogP contribution in [0.4, 0.5) is 0 Å². The van der Waals surface area contributed by atoms with Crippen molar-refractivity contribution in [3.8, 4) is 0 Å². The van der Waals surface area contributed by atoms with Crippen LogP contribution in [-0.2, 0) is 9.59 Å². The number of nitrogens with one attached hydrogen (secondary N) is 1. The van der Waals surface area contributed by atoms with Crippen LogP contribution in [0.2, 0.25) is 0 Å². The summed E-state index contributed by atoms with van der Waals surface area (Å²) in [4.78, 5) is 42.8. The summed E-state index contributed by atoms with van der Waals surface area (Å²) in [7, 11) is 0. The van der Waals surface area contributed by atoms with E-state index in [4.69, 9.17) is 5.73 Å². The number of aliphatic carboxylic acids is 1. The third kappa shape index (κ3) is 5.08. The number of amides is 1. The van der Waals surface area contributed by atoms with E-state index in [0.29, 0.717) is 37.7 Å². The third-order valence-electron chi connectivity index (χ3n) is 6.06. The number of nitrogens with zero attached hydrogens (tertiary/aromatic N) is 1. The molecule has 0 radical (unpaired) electrons. The van der Waals surface area contributed by atoms with Crippen molar-refractivity contribution in [1.29, 1.82) is 0 Å². The van der Waals surface area contributed by atoms with E-state index >= 15 is 0 Å². The van der Waals surface area contributed by atoms with Gasteiger partial charge in [0.25, 0.3) is 11.7 Å². The SMILES string of the molecule is NCCCCC(C(=O)O)N(CC1CCCCC1)C(=O)C(=O)c1c[nH]c2ccccc12. The molecule has 1 atom stereocenters. The monoisotopic (exact) mass is 413 g/mol. The van der Waals surface area contributed by atoms with E-state index in [1.807, 2.05) is 18.2 Å². The predicted octanol–water partition coefficient (Wildman–Crippen LogP) is 3.34. The number of para-hydroxylation sites is 1. The lowest BCUT2D eigenvalue weighted by Gasteiger charge is -2.33. The Bertz CT molecular complexity index is 885. The van der Waals surface area contributed by atoms with Crippen molar-refractivity contribution in [1.82, 2.24) is 9.88 Å². The standard InChI is InChI=1S/C23H31N3O4/c24-13-7-6-12-20(23(29)30)26(15-16-8-2-1-3-9-16)22(28)21(27)18-14-25-19-11-5-4-10-17(18)19/h4-5,10-11,14,16,20,25H,1-3,6-9,12-13,15,24H2,(H,29,30). The van der Waals surface area contributed by atoms with Crippen LogP contribution in [0.25, 0.3) is 10.9 Å². The van der Waals surface area contributed by atoms with E-state index in [1.54, 1.807) is 6.07 Å². The fraction of sp³-hybridized carbons (Fsp3) is 0.522. The van der Waals surface area contributed by atoms with Gasteiger partial charge in [-0.2, -0.15) is 0 Å². The Morgan fingerprint density at radius 3 is 2.57 bits per heavy atom. The molecule has 1 aromatic carbocycles. The van der Waals surface area contributed by atoms with Crippen molar-refractivity contribution >= 4 is 28.6 Å². The quantitative estimate of drug-likeness (QED) is 0.314. The maximum absolute atomic E-state index is 13.3. The number of hydrogen-bond donors (Lipinski definition) is 3. The van der Waals surface area contributed by atoms with Crippen LogP contribution >= 0.6 is 0 Å². The summed E-state index contributed by atoms with van der Waals surface area (Å²) in [6, 6.07) is 6.27. The maximum atomic E-state index is 13.3. The highest BCUT2D eigenvalue weighted by molar-refractivity contribution is 6.45. The molecule has 1 amide bonds. The summed E-state index contributed by atoms with van der Waals surface area (Å²) >= 11 is 0. The number of benzene rings is 1. The average molecular weight is 414 g/mol. The van der Waals surface area contributed by atoms with E-state index in [9.17, 15) is 19.5 Å². The molecule has 1 fully saturated rings. The molecule has 0 spiro atoms. The molecule has 0 aliphatic heterocycles. The van der Waals surface area contributed by atoms with Crippen LogP contribution < -0.4 is 5.73 Å². The van der Waals surface area contributed by atoms with E-state index in [2.05, 4.69) is 4.98 Å². The fourth-order valence-corrected chi connectivity index (χ4v) is 4.40. The minimum absolute atomic E-state index is 0.231. The van der Waals surface area contributed by atoms with Crippen molar-refractivity contribution in [2.75, 3.05) is 13.1 Å². The number of ketones is 1. The Labute approximate surface area is 176 Å². The van der Waals surface area contributed by atoms with Gasteiger partial charge in [0.1, 0.15) is 6.04 Å². The number of fused-ring (bicyclic) bond motifs is 1. The molecule has 7 nitrogen and oxygen atoms in total. The van der Waals surface area contributed by atoms with E-state index < -0.39 is 23.7 Å². The second kappa shape index (κ2) is 10.4. The number of hydrogen-bond acceptors (Lipinski definition) is 4. The van der Waals surface area contributed by atoms with Gasteiger partial charge in [-0.25, -0.2) is 4.79 Å². The number of aromatic amines is 1. The molecule has 30 heavy (non-hydrogen) atoms. The Morgan fingerprint density at radius 1 is 1.13 bits per heavy atom. The van der Waals surface area contributed by atoms with Crippen LogP contribution in [0, 0.1) is 5.92 Å². The Morgan fingerprint density at radius 2 is 1.87 bits per heavy atom. The van der Waals surface area contributed by atoms with Gasteiger partial charge in [0.15, 0.2) is 0 Å². The molecule has 7 heteroatoms. The molecule has 1 aromatic heterocycles. The molecule has 3 rings (SSSR count). The summed E-state index contributed by atoms with van der Waals surface area (Å²) in [5, 5.41) is 10.5. The number of H-pyrrole nitrogens is 1. The lowest BCUT2D eigenvalue weighted by atomic mass is 9.88. The number of carbonyl (C=O) groups excluding carboxylic acids is 2. The lowest BCUT2D eigenvalue weighted by molar-refractivity contribution is -0.149. The third-order valence-corrected chi connectivity index (χ3v) is 6.06. The molecular weight excluding hydrogens is 382 g/mol. The highest BCUT2D eigenvalue weighted by atomic mass is 16.4. The van der Waals surface area contributed by atoms with Gasteiger partial charge < -0.3 is 20.7 Å². The largest absolute Gasteiger partial charge is 0.480 e. The average Bonchev–Trinajstić information content (AvgIpc) is 3.19. The van der Waals surface area contributed by atoms with Crippen molar-refractivity contribution in [3.05, 3.63) is 36.0 Å². The number of carbonyl (C=O) groups is 3. The molecule has 2 aromatic rings. The number of rotatable bonds is 10. The van der Waals surface area contributed by atoms with Crippen LogP contribution in [0.1, 0.15) is 61.7 Å². The number of nitrogens with two attached hydrogens (primary N) is 1. The Balaban J connectivity index is 1.87. The molecule has 162 valence electrons. The number of unbranched alkanes of at least 4 members (excludes halogenated alkanes) is 1. The van der Waals surface area contributed by atoms with Crippen molar-refractivity contribution in [2.24, 2.45) is 11.7 Å². The van der Waals surface area contributed by atoms with Crippen molar-refractivity contribution in [3.63, 3.8) is 0 Å². The fourth-order valence-electron chi connectivity index (χ4n) is 4.40. The molecule has 4 N–H and O–H groups in total. The molecule has 0 saturated heterocycles. The molecule has 1 saturated carbocycles. The van der Waals surface area contributed by atoms with E-state index in [0.717, 1.165) is 37.6 Å². The number of carboxylic acid groups (broad SMARTS) is 1. The summed E-state index contributed by atoms with van der Waals surface area (Å²) in [6.45, 7) is 0.781. The first-order valence-electron chi connectivity index (χ1n) is 10.9. The summed E-state index contributed by atoms with van der Waals surface area (Å²) in [5.74, 6) is -2.23. The second-order valence-electron chi connectivity index (χ2n) is 8.18. The normalized spacial score (nSPS) is 15.8. The number of Topliss-reactive ketones (excluding diaryl/α,β-unsaturated/α-hetero) is 1. The zero-order chi connectivity index (χ0) is 21.5. The second-order valence-corrected chi connectivity index (χ2v) is 8.18. The molecule has 1 heterocycles. The minimum atomic E-state index is -1.07. The molecule has 1 unspecified atom stereocenters. The summed E-state index contributed by atoms with van der Waals surface area (Å²) < 4.78 is 0. The first-order chi connectivity index (χ1) is 14.5. The Hall–Kier alpha value is -2.67. The smallest absolute Gasteiger partial charge is 0.326 e. The van der Waals surface area contributed by atoms with Crippen LogP contribution in [0.5, 0.6) is 0 Å². The first kappa shape index (κ1) is 22.0. The predicted molar refractivity (Wildman–Crippen MR) is 115 cm³/mol. The van der Waals surface area contributed by atoms with E-state index in [-0.39, 0.29) is 11.5 Å². The molecule has 0 bridgehead atoms. The summed E-state index contributed by atoms with van der Waals surface area (Å²) in [5.41, 5.74) is 6.61. The van der Waals surface area contributed by atoms with Gasteiger partial charge in [-0.05, 0) is 50.6 Å². The van der Waals surface area contributed by atoms with Crippen LogP contribution in [0.15, 0.2) is 30.5 Å². The number of aromatic nitrogens is 1. The van der Waals surface area contributed by atoms with Crippen LogP contribution in [0.3, 0.4) is 0 Å². The Kier molecular flexibility index (Phi) is 7.63. The first-order valence-corrected chi connectivity index (χ1v) is 10.9. The lowest BCUT2D eigenvalue weighted by Crippen LogP contribution is -2.50. The minimum Gasteiger partial charge on any atom is -0.480 e. The van der Waals surface area contributed by atoms with Gasteiger partial charge in [0, 0.05) is 23.6 Å². The number of carboxylic acids is 1. The zero-order valence-corrected chi connectivity index (χ0v) is 17.3. The molecular formula is C23H31N3O4. The van der Waals surface area contributed by atoms with Gasteiger partial charge in [-0.3, -0.25) is 9.59 Å². The zero-order valence-electron chi connectivity index (χ0n) is 17.3.